The second-order valence-electron chi connectivity index (χ2n) is 3.83. The van der Waals surface area contributed by atoms with Gasteiger partial charge in [0, 0.05) is 13.0 Å². The Labute approximate surface area is 95.3 Å². The summed E-state index contributed by atoms with van der Waals surface area (Å²) < 4.78 is 1.89. The number of benzene rings is 1. The average Bonchev–Trinajstić information content (AvgIpc) is 2.74. The first-order valence-corrected chi connectivity index (χ1v) is 5.42. The van der Waals surface area contributed by atoms with E-state index in [4.69, 9.17) is 0 Å². The van der Waals surface area contributed by atoms with E-state index in [1.807, 2.05) is 30.1 Å². The van der Waals surface area contributed by atoms with Gasteiger partial charge in [0.1, 0.15) is 0 Å². The smallest absolute Gasteiger partial charge is 0.0730 e. The second-order valence-corrected chi connectivity index (χ2v) is 3.83. The summed E-state index contributed by atoms with van der Waals surface area (Å²) in [5, 5.41) is 11.2. The van der Waals surface area contributed by atoms with Crippen molar-refractivity contribution in [2.75, 3.05) is 13.6 Å². The minimum atomic E-state index is 0.928. The first-order valence-electron chi connectivity index (χ1n) is 5.42. The molecule has 1 N–H and O–H groups in total. The molecule has 4 heteroatoms. The minimum Gasteiger partial charge on any atom is -0.319 e. The minimum absolute atomic E-state index is 0.928. The first-order chi connectivity index (χ1) is 7.81. The maximum atomic E-state index is 4.12. The number of likely N-dealkylation sites (N-methyl/N-ethyl adjacent to an activating group) is 1. The standard InChI is InChI=1S/C12H16N4/c1-10-4-3-5-11(8-10)16-12(6-7-13-2)9-14-15-16/h3-5,8-9,13H,6-7H2,1-2H3. The van der Waals surface area contributed by atoms with E-state index < -0.39 is 0 Å². The number of nitrogens with one attached hydrogen (secondary N) is 1. The summed E-state index contributed by atoms with van der Waals surface area (Å²) >= 11 is 0. The van der Waals surface area contributed by atoms with Crippen molar-refractivity contribution in [3.63, 3.8) is 0 Å². The molecular formula is C12H16N4. The number of hydrogen-bond acceptors (Lipinski definition) is 3. The van der Waals surface area contributed by atoms with Gasteiger partial charge < -0.3 is 5.32 Å². The van der Waals surface area contributed by atoms with E-state index in [1.54, 1.807) is 0 Å². The lowest BCUT2D eigenvalue weighted by Crippen LogP contribution is -2.13. The van der Waals surface area contributed by atoms with Crippen LogP contribution in [0.3, 0.4) is 0 Å². The zero-order valence-corrected chi connectivity index (χ0v) is 9.64. The van der Waals surface area contributed by atoms with E-state index in [9.17, 15) is 0 Å². The molecule has 0 aliphatic heterocycles. The average molecular weight is 216 g/mol. The molecule has 0 bridgehead atoms. The first kappa shape index (κ1) is 10.8. The van der Waals surface area contributed by atoms with E-state index in [-0.39, 0.29) is 0 Å². The van der Waals surface area contributed by atoms with Crippen LogP contribution in [0.5, 0.6) is 0 Å². The van der Waals surface area contributed by atoms with Gasteiger partial charge in [-0.15, -0.1) is 5.10 Å². The van der Waals surface area contributed by atoms with Gasteiger partial charge in [0.15, 0.2) is 0 Å². The van der Waals surface area contributed by atoms with Gasteiger partial charge in [0.05, 0.1) is 17.6 Å². The lowest BCUT2D eigenvalue weighted by Gasteiger charge is -2.06. The zero-order chi connectivity index (χ0) is 11.4. The van der Waals surface area contributed by atoms with E-state index in [2.05, 4.69) is 34.7 Å². The lowest BCUT2D eigenvalue weighted by atomic mass is 10.2. The Hall–Kier alpha value is -1.68. The molecule has 1 heterocycles. The molecule has 0 atom stereocenters. The van der Waals surface area contributed by atoms with E-state index in [0.29, 0.717) is 0 Å². The highest BCUT2D eigenvalue weighted by atomic mass is 15.4. The van der Waals surface area contributed by atoms with Gasteiger partial charge in [-0.05, 0) is 31.7 Å². The molecule has 2 rings (SSSR count). The van der Waals surface area contributed by atoms with E-state index in [0.717, 1.165) is 24.3 Å². The molecule has 0 saturated carbocycles. The van der Waals surface area contributed by atoms with Crippen molar-refractivity contribution in [2.24, 2.45) is 0 Å². The molecule has 1 aromatic carbocycles. The van der Waals surface area contributed by atoms with Gasteiger partial charge in [-0.1, -0.05) is 17.3 Å². The third-order valence-electron chi connectivity index (χ3n) is 2.50. The van der Waals surface area contributed by atoms with Crippen molar-refractivity contribution in [3.05, 3.63) is 41.7 Å². The molecule has 16 heavy (non-hydrogen) atoms. The number of rotatable bonds is 4. The Kier molecular flexibility index (Phi) is 3.31. The Bertz CT molecular complexity index is 462. The summed E-state index contributed by atoms with van der Waals surface area (Å²) in [6.07, 6.45) is 2.75. The summed E-state index contributed by atoms with van der Waals surface area (Å²) in [5.41, 5.74) is 3.43. The van der Waals surface area contributed by atoms with Crippen molar-refractivity contribution in [2.45, 2.75) is 13.3 Å². The van der Waals surface area contributed by atoms with E-state index in [1.165, 1.54) is 5.56 Å². The normalized spacial score (nSPS) is 10.6. The molecule has 0 saturated heterocycles. The fourth-order valence-corrected chi connectivity index (χ4v) is 1.66. The molecule has 0 unspecified atom stereocenters. The van der Waals surface area contributed by atoms with Crippen LogP contribution in [0.4, 0.5) is 0 Å². The van der Waals surface area contributed by atoms with Crippen molar-refractivity contribution >= 4 is 0 Å². The Morgan fingerprint density at radius 1 is 1.38 bits per heavy atom. The van der Waals surface area contributed by atoms with Gasteiger partial charge in [-0.25, -0.2) is 4.68 Å². The van der Waals surface area contributed by atoms with Crippen LogP contribution in [0.2, 0.25) is 0 Å². The topological polar surface area (TPSA) is 42.7 Å². The van der Waals surface area contributed by atoms with E-state index >= 15 is 0 Å². The third kappa shape index (κ3) is 2.28. The van der Waals surface area contributed by atoms with Gasteiger partial charge in [0.2, 0.25) is 0 Å². The summed E-state index contributed by atoms with van der Waals surface area (Å²) in [6, 6.07) is 8.27. The fourth-order valence-electron chi connectivity index (χ4n) is 1.66. The molecule has 84 valence electrons. The number of hydrogen-bond donors (Lipinski definition) is 1. The van der Waals surface area contributed by atoms with Crippen LogP contribution in [0, 0.1) is 6.92 Å². The quantitative estimate of drug-likeness (QED) is 0.838. The highest BCUT2D eigenvalue weighted by Gasteiger charge is 2.05. The van der Waals surface area contributed by atoms with Crippen molar-refractivity contribution in [1.82, 2.24) is 20.3 Å². The van der Waals surface area contributed by atoms with Crippen LogP contribution >= 0.6 is 0 Å². The summed E-state index contributed by atoms with van der Waals surface area (Å²) in [5.74, 6) is 0. The number of aryl methyl sites for hydroxylation is 1. The second kappa shape index (κ2) is 4.90. The van der Waals surface area contributed by atoms with Crippen LogP contribution in [-0.4, -0.2) is 28.6 Å². The van der Waals surface area contributed by atoms with Gasteiger partial charge in [0.25, 0.3) is 0 Å². The predicted molar refractivity (Wildman–Crippen MR) is 63.7 cm³/mol. The summed E-state index contributed by atoms with van der Waals surface area (Å²) in [6.45, 7) is 3.01. The van der Waals surface area contributed by atoms with Crippen LogP contribution in [0.15, 0.2) is 30.5 Å². The molecule has 0 radical (unpaired) electrons. The van der Waals surface area contributed by atoms with Gasteiger partial charge in [-0.3, -0.25) is 0 Å². The van der Waals surface area contributed by atoms with Crippen LogP contribution in [0.1, 0.15) is 11.3 Å². The Morgan fingerprint density at radius 3 is 3.00 bits per heavy atom. The Balaban J connectivity index is 2.29. The monoisotopic (exact) mass is 216 g/mol. The third-order valence-corrected chi connectivity index (χ3v) is 2.50. The predicted octanol–water partition coefficient (Wildman–Crippen LogP) is 1.34. The molecule has 0 aliphatic rings. The molecule has 0 spiro atoms. The highest BCUT2D eigenvalue weighted by Crippen LogP contribution is 2.11. The largest absolute Gasteiger partial charge is 0.319 e. The summed E-state index contributed by atoms with van der Waals surface area (Å²) in [4.78, 5) is 0. The summed E-state index contributed by atoms with van der Waals surface area (Å²) in [7, 11) is 1.95. The lowest BCUT2D eigenvalue weighted by molar-refractivity contribution is 0.719. The zero-order valence-electron chi connectivity index (χ0n) is 9.64. The van der Waals surface area contributed by atoms with Gasteiger partial charge >= 0.3 is 0 Å². The molecular weight excluding hydrogens is 200 g/mol. The van der Waals surface area contributed by atoms with Crippen LogP contribution < -0.4 is 5.32 Å². The fraction of sp³-hybridized carbons (Fsp3) is 0.333. The Morgan fingerprint density at radius 2 is 2.25 bits per heavy atom. The maximum Gasteiger partial charge on any atom is 0.0730 e. The molecule has 0 amide bonds. The van der Waals surface area contributed by atoms with Gasteiger partial charge in [-0.2, -0.15) is 0 Å². The molecule has 4 nitrogen and oxygen atoms in total. The molecule has 1 aromatic heterocycles. The van der Waals surface area contributed by atoms with Crippen LogP contribution in [0.25, 0.3) is 5.69 Å². The van der Waals surface area contributed by atoms with Crippen molar-refractivity contribution in [1.29, 1.82) is 0 Å². The highest BCUT2D eigenvalue weighted by molar-refractivity contribution is 5.35. The number of nitrogens with zero attached hydrogens (tertiary/aromatic N) is 3. The SMILES string of the molecule is CNCCc1cnnn1-c1cccc(C)c1. The number of aromatic nitrogens is 3. The molecule has 2 aromatic rings. The molecule has 0 aliphatic carbocycles. The van der Waals surface area contributed by atoms with Crippen molar-refractivity contribution in [3.8, 4) is 5.69 Å². The van der Waals surface area contributed by atoms with Crippen LogP contribution in [-0.2, 0) is 6.42 Å². The maximum absolute atomic E-state index is 4.12. The van der Waals surface area contributed by atoms with Crippen molar-refractivity contribution < 1.29 is 0 Å². The molecule has 0 fully saturated rings.